The lowest BCUT2D eigenvalue weighted by Crippen LogP contribution is -2.62. The number of benzene rings is 2. The van der Waals surface area contributed by atoms with Gasteiger partial charge in [0, 0.05) is 62.7 Å². The number of carbonyl (C=O) groups is 1. The summed E-state index contributed by atoms with van der Waals surface area (Å²) < 4.78 is 28.5. The van der Waals surface area contributed by atoms with Crippen LogP contribution in [-0.2, 0) is 14.8 Å². The molecule has 3 heterocycles. The van der Waals surface area contributed by atoms with Crippen LogP contribution >= 0.6 is 11.6 Å². The van der Waals surface area contributed by atoms with Crippen molar-refractivity contribution >= 4 is 39.0 Å². The highest BCUT2D eigenvalue weighted by Gasteiger charge is 2.40. The Bertz CT molecular complexity index is 1480. The maximum Gasteiger partial charge on any atom is 0.246 e. The third-order valence-corrected chi connectivity index (χ3v) is 9.52. The fraction of sp³-hybridized carbons (Fsp3) is 0.393. The molecule has 0 radical (unpaired) electrons. The number of para-hydroxylation sites is 1. The Morgan fingerprint density at radius 2 is 1.69 bits per heavy atom. The predicted molar refractivity (Wildman–Crippen MR) is 153 cm³/mol. The van der Waals surface area contributed by atoms with Crippen molar-refractivity contribution in [2.45, 2.75) is 31.7 Å². The number of carbonyl (C=O) groups excluding carboxylic acids is 1. The minimum Gasteiger partial charge on any atom is -0.357 e. The summed E-state index contributed by atoms with van der Waals surface area (Å²) in [6, 6.07) is 13.5. The lowest BCUT2D eigenvalue weighted by atomic mass is 10.1. The number of hydrogen-bond donors (Lipinski definition) is 0. The van der Waals surface area contributed by atoms with Gasteiger partial charge < -0.3 is 14.7 Å². The Morgan fingerprint density at radius 3 is 2.41 bits per heavy atom. The van der Waals surface area contributed by atoms with Crippen LogP contribution in [0, 0.1) is 20.8 Å². The minimum absolute atomic E-state index is 0.0602. The highest BCUT2D eigenvalue weighted by Crippen LogP contribution is 2.29. The van der Waals surface area contributed by atoms with E-state index in [1.165, 1.54) is 10.4 Å². The first kappa shape index (κ1) is 27.4. The predicted octanol–water partition coefficient (Wildman–Crippen LogP) is 3.28. The number of aryl methyl sites for hydroxylation is 3. The molecule has 2 saturated heterocycles. The molecule has 0 aliphatic carbocycles. The van der Waals surface area contributed by atoms with Crippen molar-refractivity contribution < 1.29 is 13.2 Å². The van der Waals surface area contributed by atoms with E-state index >= 15 is 0 Å². The summed E-state index contributed by atoms with van der Waals surface area (Å²) in [4.78, 5) is 29.4. The fourth-order valence-electron chi connectivity index (χ4n) is 5.31. The quantitative estimate of drug-likeness (QED) is 0.466. The van der Waals surface area contributed by atoms with Crippen LogP contribution in [0.4, 0.5) is 11.5 Å². The van der Waals surface area contributed by atoms with Gasteiger partial charge in [-0.2, -0.15) is 4.31 Å². The average molecular weight is 569 g/mol. The number of hydrogen-bond acceptors (Lipinski definition) is 7. The van der Waals surface area contributed by atoms with Crippen LogP contribution in [0.25, 0.3) is 0 Å². The van der Waals surface area contributed by atoms with Crippen molar-refractivity contribution in [3.8, 4) is 0 Å². The van der Waals surface area contributed by atoms with E-state index in [1.807, 2.05) is 49.9 Å². The van der Waals surface area contributed by atoms with Crippen LogP contribution in [0.1, 0.15) is 17.0 Å². The molecule has 2 fully saturated rings. The summed E-state index contributed by atoms with van der Waals surface area (Å²) >= 11 is 6.10. The molecule has 9 nitrogen and oxygen atoms in total. The molecule has 3 aromatic rings. The monoisotopic (exact) mass is 568 g/mol. The molecular formula is C28H33ClN6O3S. The molecule has 2 aliphatic rings. The zero-order chi connectivity index (χ0) is 27.7. The molecule has 0 N–H and O–H groups in total. The number of anilines is 2. The molecular weight excluding hydrogens is 536 g/mol. The van der Waals surface area contributed by atoms with E-state index in [4.69, 9.17) is 11.6 Å². The van der Waals surface area contributed by atoms with E-state index in [9.17, 15) is 13.2 Å². The molecule has 0 bridgehead atoms. The van der Waals surface area contributed by atoms with Crippen LogP contribution in [-0.4, -0.2) is 85.4 Å². The standard InChI is InChI=1S/C28H33ClN6O3S/c1-20-7-4-5-10-25(20)35-16-15-34(39(37,38)24-9-6-8-23(29)17-24)19-26(35)28(36)33-13-11-32(12-14-33)27-22(3)30-18-21(2)31-27/h4-10,17-18,26H,11-16,19H2,1-3H3. The summed E-state index contributed by atoms with van der Waals surface area (Å²) in [6.45, 7) is 8.91. The van der Waals surface area contributed by atoms with E-state index in [-0.39, 0.29) is 23.9 Å². The van der Waals surface area contributed by atoms with E-state index in [2.05, 4.69) is 19.8 Å². The zero-order valence-electron chi connectivity index (χ0n) is 22.4. The second-order valence-corrected chi connectivity index (χ2v) is 12.4. The van der Waals surface area contributed by atoms with Gasteiger partial charge in [0.1, 0.15) is 11.9 Å². The molecule has 5 rings (SSSR count). The van der Waals surface area contributed by atoms with Crippen molar-refractivity contribution in [3.05, 3.63) is 76.7 Å². The number of rotatable bonds is 5. The zero-order valence-corrected chi connectivity index (χ0v) is 24.0. The summed E-state index contributed by atoms with van der Waals surface area (Å²) in [6.07, 6.45) is 1.75. The SMILES string of the molecule is Cc1cnc(C)c(N2CCN(C(=O)C3CN(S(=O)(=O)c4cccc(Cl)c4)CCN3c3ccccc3C)CC2)n1. The van der Waals surface area contributed by atoms with Crippen molar-refractivity contribution in [1.29, 1.82) is 0 Å². The molecule has 206 valence electrons. The Kier molecular flexibility index (Phi) is 7.80. The van der Waals surface area contributed by atoms with Gasteiger partial charge >= 0.3 is 0 Å². The lowest BCUT2D eigenvalue weighted by Gasteiger charge is -2.45. The smallest absolute Gasteiger partial charge is 0.246 e. The van der Waals surface area contributed by atoms with E-state index in [1.54, 1.807) is 24.4 Å². The van der Waals surface area contributed by atoms with Gasteiger partial charge in [-0.25, -0.2) is 13.4 Å². The number of amides is 1. The van der Waals surface area contributed by atoms with Crippen LogP contribution in [0.2, 0.25) is 5.02 Å². The Morgan fingerprint density at radius 1 is 0.949 bits per heavy atom. The molecule has 2 aliphatic heterocycles. The van der Waals surface area contributed by atoms with Gasteiger partial charge in [0.15, 0.2) is 0 Å². The van der Waals surface area contributed by atoms with Gasteiger partial charge in [0.05, 0.1) is 16.3 Å². The van der Waals surface area contributed by atoms with Gasteiger partial charge in [-0.15, -0.1) is 0 Å². The topological polar surface area (TPSA) is 90.0 Å². The number of nitrogens with zero attached hydrogens (tertiary/aromatic N) is 6. The maximum atomic E-state index is 14.1. The van der Waals surface area contributed by atoms with Gasteiger partial charge in [0.2, 0.25) is 15.9 Å². The summed E-state index contributed by atoms with van der Waals surface area (Å²) in [7, 11) is -3.82. The van der Waals surface area contributed by atoms with Gasteiger partial charge in [-0.05, 0) is 50.6 Å². The molecule has 1 atom stereocenters. The van der Waals surface area contributed by atoms with Gasteiger partial charge in [-0.1, -0.05) is 35.9 Å². The molecule has 2 aromatic carbocycles. The number of aromatic nitrogens is 2. The van der Waals surface area contributed by atoms with Crippen LogP contribution in [0.3, 0.4) is 0 Å². The highest BCUT2D eigenvalue weighted by molar-refractivity contribution is 7.89. The molecule has 0 saturated carbocycles. The Labute approximate surface area is 235 Å². The lowest BCUT2D eigenvalue weighted by molar-refractivity contribution is -0.133. The molecule has 0 spiro atoms. The van der Waals surface area contributed by atoms with Gasteiger partial charge in [0.25, 0.3) is 0 Å². The Hall–Kier alpha value is -3.21. The van der Waals surface area contributed by atoms with E-state index in [0.29, 0.717) is 37.7 Å². The summed E-state index contributed by atoms with van der Waals surface area (Å²) in [5.74, 6) is 0.774. The molecule has 1 amide bonds. The number of sulfonamides is 1. The summed E-state index contributed by atoms with van der Waals surface area (Å²) in [5, 5.41) is 0.355. The van der Waals surface area contributed by atoms with Crippen LogP contribution in [0.15, 0.2) is 59.6 Å². The molecule has 1 aromatic heterocycles. The second kappa shape index (κ2) is 11.1. The third-order valence-electron chi connectivity index (χ3n) is 7.43. The van der Waals surface area contributed by atoms with Crippen molar-refractivity contribution in [3.63, 3.8) is 0 Å². The van der Waals surface area contributed by atoms with Crippen LogP contribution in [0.5, 0.6) is 0 Å². The van der Waals surface area contributed by atoms with E-state index in [0.717, 1.165) is 28.5 Å². The highest BCUT2D eigenvalue weighted by atomic mass is 35.5. The summed E-state index contributed by atoms with van der Waals surface area (Å²) in [5.41, 5.74) is 3.70. The first-order chi connectivity index (χ1) is 18.6. The van der Waals surface area contributed by atoms with E-state index < -0.39 is 16.1 Å². The minimum atomic E-state index is -3.82. The fourth-order valence-corrected chi connectivity index (χ4v) is 7.05. The normalized spacial score (nSPS) is 18.9. The second-order valence-electron chi connectivity index (χ2n) is 10.0. The number of piperazine rings is 2. The third kappa shape index (κ3) is 5.59. The van der Waals surface area contributed by atoms with Crippen molar-refractivity contribution in [2.24, 2.45) is 0 Å². The van der Waals surface area contributed by atoms with Crippen molar-refractivity contribution in [1.82, 2.24) is 19.2 Å². The molecule has 11 heteroatoms. The maximum absolute atomic E-state index is 14.1. The molecule has 39 heavy (non-hydrogen) atoms. The Balaban J connectivity index is 1.39. The first-order valence-electron chi connectivity index (χ1n) is 13.1. The van der Waals surface area contributed by atoms with Crippen molar-refractivity contribution in [2.75, 3.05) is 55.6 Å². The largest absolute Gasteiger partial charge is 0.357 e. The number of halogens is 1. The molecule has 1 unspecified atom stereocenters. The van der Waals surface area contributed by atoms with Gasteiger partial charge in [-0.3, -0.25) is 9.78 Å². The average Bonchev–Trinajstić information content (AvgIpc) is 2.94. The van der Waals surface area contributed by atoms with Crippen LogP contribution < -0.4 is 9.80 Å². The first-order valence-corrected chi connectivity index (χ1v) is 14.9.